The second-order valence-corrected chi connectivity index (χ2v) is 5.56. The van der Waals surface area contributed by atoms with E-state index in [0.717, 1.165) is 33.9 Å². The summed E-state index contributed by atoms with van der Waals surface area (Å²) in [7, 11) is 0. The molecule has 0 amide bonds. The molecule has 0 spiro atoms. The molecule has 0 atom stereocenters. The van der Waals surface area contributed by atoms with Crippen LogP contribution in [0.3, 0.4) is 0 Å². The highest BCUT2D eigenvalue weighted by atomic mass is 16.5. The van der Waals surface area contributed by atoms with Crippen LogP contribution < -0.4 is 4.74 Å². The molecule has 0 saturated heterocycles. The van der Waals surface area contributed by atoms with Crippen molar-refractivity contribution in [3.8, 4) is 17.1 Å². The van der Waals surface area contributed by atoms with Gasteiger partial charge in [-0.2, -0.15) is 0 Å². The Hall–Kier alpha value is -2.75. The van der Waals surface area contributed by atoms with Crippen LogP contribution in [0.1, 0.15) is 36.5 Å². The lowest BCUT2D eigenvalue weighted by Gasteiger charge is -2.10. The van der Waals surface area contributed by atoms with Gasteiger partial charge < -0.3 is 4.74 Å². The Morgan fingerprint density at radius 3 is 2.28 bits per heavy atom. The van der Waals surface area contributed by atoms with Gasteiger partial charge in [0.25, 0.3) is 0 Å². The predicted octanol–water partition coefficient (Wildman–Crippen LogP) is 5.07. The third-order valence-electron chi connectivity index (χ3n) is 3.51. The third-order valence-corrected chi connectivity index (χ3v) is 3.51. The van der Waals surface area contributed by atoms with Gasteiger partial charge in [-0.25, -0.2) is 15.0 Å². The molecule has 0 aliphatic rings. The second kappa shape index (κ2) is 8.92. The summed E-state index contributed by atoms with van der Waals surface area (Å²) in [4.78, 5) is 13.2. The Morgan fingerprint density at radius 2 is 1.64 bits per heavy atom. The van der Waals surface area contributed by atoms with Gasteiger partial charge >= 0.3 is 0 Å². The Kier molecular flexibility index (Phi) is 6.63. The lowest BCUT2D eigenvalue weighted by Crippen LogP contribution is -2.00. The zero-order valence-electron chi connectivity index (χ0n) is 15.6. The summed E-state index contributed by atoms with van der Waals surface area (Å²) < 4.78 is 5.82. The van der Waals surface area contributed by atoms with Crippen LogP contribution in [0.4, 0.5) is 0 Å². The standard InChI is InChI=1S/C19H19N3O.C2H6/c1-13-9-17(18-10-14(2)21-15(3)22-18)11-20-19(13)23-12-16-7-5-4-6-8-16;1-2/h4-11H,12H2,1-3H3;1-2H3. The molecular formula is C21H25N3O. The molecule has 0 aliphatic heterocycles. The number of aryl methyl sites for hydroxylation is 3. The van der Waals surface area contributed by atoms with Gasteiger partial charge in [0.1, 0.15) is 12.4 Å². The largest absolute Gasteiger partial charge is 0.473 e. The van der Waals surface area contributed by atoms with E-state index in [0.29, 0.717) is 12.5 Å². The Balaban J connectivity index is 0.00000109. The Labute approximate surface area is 150 Å². The Bertz CT molecular complexity index is 796. The van der Waals surface area contributed by atoms with Gasteiger partial charge in [0.05, 0.1) is 5.69 Å². The molecule has 3 aromatic rings. The van der Waals surface area contributed by atoms with E-state index in [-0.39, 0.29) is 0 Å². The summed E-state index contributed by atoms with van der Waals surface area (Å²) in [5, 5.41) is 0. The van der Waals surface area contributed by atoms with E-state index in [1.54, 1.807) is 6.20 Å². The van der Waals surface area contributed by atoms with E-state index in [1.165, 1.54) is 0 Å². The number of pyridine rings is 1. The molecule has 130 valence electrons. The van der Waals surface area contributed by atoms with Crippen molar-refractivity contribution in [2.75, 3.05) is 0 Å². The SMILES string of the molecule is CC.Cc1cc(-c2cnc(OCc3ccccc3)c(C)c2)nc(C)n1. The van der Waals surface area contributed by atoms with Crippen LogP contribution in [-0.2, 0) is 6.61 Å². The molecule has 2 aromatic heterocycles. The minimum atomic E-state index is 0.514. The topological polar surface area (TPSA) is 47.9 Å². The van der Waals surface area contributed by atoms with E-state index in [9.17, 15) is 0 Å². The summed E-state index contributed by atoms with van der Waals surface area (Å²) in [6.07, 6.45) is 1.80. The molecule has 0 aliphatic carbocycles. The monoisotopic (exact) mass is 335 g/mol. The normalized spacial score (nSPS) is 9.96. The average Bonchev–Trinajstić information content (AvgIpc) is 2.62. The summed E-state index contributed by atoms with van der Waals surface area (Å²) in [5.41, 5.74) is 4.94. The average molecular weight is 335 g/mol. The van der Waals surface area contributed by atoms with Gasteiger partial charge in [0.15, 0.2) is 0 Å². The van der Waals surface area contributed by atoms with Gasteiger partial charge in [-0.3, -0.25) is 0 Å². The molecule has 25 heavy (non-hydrogen) atoms. The molecule has 4 nitrogen and oxygen atoms in total. The predicted molar refractivity (Wildman–Crippen MR) is 102 cm³/mol. The van der Waals surface area contributed by atoms with Gasteiger partial charge in [0, 0.05) is 23.0 Å². The first-order valence-electron chi connectivity index (χ1n) is 8.58. The number of aromatic nitrogens is 3. The van der Waals surface area contributed by atoms with Crippen LogP contribution in [0.15, 0.2) is 48.7 Å². The minimum absolute atomic E-state index is 0.514. The highest BCUT2D eigenvalue weighted by Crippen LogP contribution is 2.23. The van der Waals surface area contributed by atoms with E-state index in [1.807, 2.05) is 71.0 Å². The van der Waals surface area contributed by atoms with Crippen LogP contribution in [0.5, 0.6) is 5.88 Å². The smallest absolute Gasteiger partial charge is 0.216 e. The van der Waals surface area contributed by atoms with Gasteiger partial charge in [0.2, 0.25) is 5.88 Å². The van der Waals surface area contributed by atoms with Gasteiger partial charge in [-0.05, 0) is 38.5 Å². The van der Waals surface area contributed by atoms with Crippen LogP contribution in [-0.4, -0.2) is 15.0 Å². The van der Waals surface area contributed by atoms with Crippen molar-refractivity contribution in [1.29, 1.82) is 0 Å². The summed E-state index contributed by atoms with van der Waals surface area (Å²) in [5.74, 6) is 1.42. The van der Waals surface area contributed by atoms with Gasteiger partial charge in [-0.1, -0.05) is 44.2 Å². The summed E-state index contributed by atoms with van der Waals surface area (Å²) in [6.45, 7) is 10.4. The molecule has 0 bridgehead atoms. The maximum atomic E-state index is 5.82. The lowest BCUT2D eigenvalue weighted by atomic mass is 10.1. The number of rotatable bonds is 4. The highest BCUT2D eigenvalue weighted by molar-refractivity contribution is 5.60. The first-order chi connectivity index (χ1) is 12.1. The molecule has 1 aromatic carbocycles. The highest BCUT2D eigenvalue weighted by Gasteiger charge is 2.07. The lowest BCUT2D eigenvalue weighted by molar-refractivity contribution is 0.291. The van der Waals surface area contributed by atoms with Crippen LogP contribution in [0.25, 0.3) is 11.3 Å². The summed E-state index contributed by atoms with van der Waals surface area (Å²) in [6, 6.07) is 14.1. The quantitative estimate of drug-likeness (QED) is 0.668. The zero-order chi connectivity index (χ0) is 18.2. The molecule has 0 N–H and O–H groups in total. The van der Waals surface area contributed by atoms with E-state index >= 15 is 0 Å². The fourth-order valence-corrected chi connectivity index (χ4v) is 2.44. The molecule has 0 unspecified atom stereocenters. The van der Waals surface area contributed by atoms with Crippen molar-refractivity contribution in [2.24, 2.45) is 0 Å². The minimum Gasteiger partial charge on any atom is -0.473 e. The zero-order valence-corrected chi connectivity index (χ0v) is 15.6. The van der Waals surface area contributed by atoms with Gasteiger partial charge in [-0.15, -0.1) is 0 Å². The molecule has 2 heterocycles. The van der Waals surface area contributed by atoms with Crippen LogP contribution >= 0.6 is 0 Å². The van der Waals surface area contributed by atoms with Crippen molar-refractivity contribution in [2.45, 2.75) is 41.2 Å². The second-order valence-electron chi connectivity index (χ2n) is 5.56. The Morgan fingerprint density at radius 1 is 0.920 bits per heavy atom. The fourth-order valence-electron chi connectivity index (χ4n) is 2.44. The fraction of sp³-hybridized carbons (Fsp3) is 0.286. The third kappa shape index (κ3) is 5.11. The molecule has 0 radical (unpaired) electrons. The molecule has 4 heteroatoms. The maximum Gasteiger partial charge on any atom is 0.216 e. The maximum absolute atomic E-state index is 5.82. The number of benzene rings is 1. The summed E-state index contributed by atoms with van der Waals surface area (Å²) >= 11 is 0. The molecule has 0 fully saturated rings. The van der Waals surface area contributed by atoms with E-state index < -0.39 is 0 Å². The first-order valence-corrected chi connectivity index (χ1v) is 8.58. The number of hydrogen-bond acceptors (Lipinski definition) is 4. The van der Waals surface area contributed by atoms with Crippen molar-refractivity contribution in [3.05, 3.63) is 71.3 Å². The van der Waals surface area contributed by atoms with E-state index in [4.69, 9.17) is 4.74 Å². The van der Waals surface area contributed by atoms with Crippen LogP contribution in [0.2, 0.25) is 0 Å². The number of ether oxygens (including phenoxy) is 1. The van der Waals surface area contributed by atoms with Crippen molar-refractivity contribution >= 4 is 0 Å². The van der Waals surface area contributed by atoms with Crippen LogP contribution in [0, 0.1) is 20.8 Å². The number of nitrogens with zero attached hydrogens (tertiary/aromatic N) is 3. The molecular weight excluding hydrogens is 310 g/mol. The van der Waals surface area contributed by atoms with Crippen molar-refractivity contribution in [1.82, 2.24) is 15.0 Å². The van der Waals surface area contributed by atoms with Crippen molar-refractivity contribution in [3.63, 3.8) is 0 Å². The van der Waals surface area contributed by atoms with Crippen molar-refractivity contribution < 1.29 is 4.74 Å². The first kappa shape index (κ1) is 18.6. The van der Waals surface area contributed by atoms with E-state index in [2.05, 4.69) is 21.0 Å². The molecule has 0 saturated carbocycles. The number of hydrogen-bond donors (Lipinski definition) is 0. The molecule has 3 rings (SSSR count).